The summed E-state index contributed by atoms with van der Waals surface area (Å²) in [4.78, 5) is 61.2. The van der Waals surface area contributed by atoms with Crippen molar-refractivity contribution in [3.8, 4) is 0 Å². The fourth-order valence-electron chi connectivity index (χ4n) is 2.13. The highest BCUT2D eigenvalue weighted by Gasteiger charge is 2.29. The Morgan fingerprint density at radius 1 is 0.897 bits per heavy atom. The zero-order valence-electron chi connectivity index (χ0n) is 15.7. The number of amides is 3. The van der Waals surface area contributed by atoms with Gasteiger partial charge in [-0.3, -0.25) is 24.2 Å². The smallest absolute Gasteiger partial charge is 0.326 e. The fourth-order valence-corrected chi connectivity index (χ4v) is 2.13. The van der Waals surface area contributed by atoms with Crippen LogP contribution in [0.1, 0.15) is 32.1 Å². The lowest BCUT2D eigenvalue weighted by Crippen LogP contribution is -2.55. The third-order valence-electron chi connectivity index (χ3n) is 3.60. The molecule has 0 aromatic rings. The number of guanidine groups is 1. The molecule has 29 heavy (non-hydrogen) atoms. The highest BCUT2D eigenvalue weighted by molar-refractivity contribution is 5.94. The van der Waals surface area contributed by atoms with Gasteiger partial charge < -0.3 is 43.8 Å². The van der Waals surface area contributed by atoms with E-state index in [9.17, 15) is 29.1 Å². The molecule has 0 aromatic carbocycles. The number of nitrogens with one attached hydrogen (secondary N) is 2. The molecule has 0 heterocycles. The van der Waals surface area contributed by atoms with E-state index in [0.717, 1.165) is 0 Å². The number of hydrogen-bond donors (Lipinski definition) is 8. The lowest BCUT2D eigenvalue weighted by atomic mass is 10.1. The lowest BCUT2D eigenvalue weighted by Gasteiger charge is -2.22. The first kappa shape index (κ1) is 25.6. The molecule has 0 bridgehead atoms. The monoisotopic (exact) mass is 417 g/mol. The van der Waals surface area contributed by atoms with Gasteiger partial charge in [0.1, 0.15) is 12.1 Å². The van der Waals surface area contributed by atoms with Crippen LogP contribution < -0.4 is 33.6 Å². The van der Waals surface area contributed by atoms with E-state index in [1.807, 2.05) is 0 Å². The summed E-state index contributed by atoms with van der Waals surface area (Å²) in [6.45, 7) is 0.141. The van der Waals surface area contributed by atoms with Crippen LogP contribution in [0.5, 0.6) is 0 Å². The maximum atomic E-state index is 12.4. The van der Waals surface area contributed by atoms with Crippen LogP contribution in [0.25, 0.3) is 0 Å². The second-order valence-corrected chi connectivity index (χ2v) is 6.12. The predicted octanol–water partition coefficient (Wildman–Crippen LogP) is -3.84. The minimum atomic E-state index is -1.48. The zero-order chi connectivity index (χ0) is 22.6. The average Bonchev–Trinajstić information content (AvgIpc) is 2.60. The van der Waals surface area contributed by atoms with Gasteiger partial charge in [-0.15, -0.1) is 0 Å². The first-order valence-electron chi connectivity index (χ1n) is 8.58. The first-order chi connectivity index (χ1) is 13.4. The van der Waals surface area contributed by atoms with E-state index < -0.39 is 54.2 Å². The average molecular weight is 417 g/mol. The van der Waals surface area contributed by atoms with Gasteiger partial charge in [0.2, 0.25) is 17.7 Å². The second-order valence-electron chi connectivity index (χ2n) is 6.12. The van der Waals surface area contributed by atoms with Gasteiger partial charge >= 0.3 is 11.9 Å². The summed E-state index contributed by atoms with van der Waals surface area (Å²) < 4.78 is 0. The molecule has 0 radical (unpaired) electrons. The van der Waals surface area contributed by atoms with Gasteiger partial charge in [-0.1, -0.05) is 0 Å². The number of carbonyl (C=O) groups excluding carboxylic acids is 3. The van der Waals surface area contributed by atoms with E-state index in [4.69, 9.17) is 28.0 Å². The molecule has 0 rings (SSSR count). The summed E-state index contributed by atoms with van der Waals surface area (Å²) >= 11 is 0. The SMILES string of the molecule is NC(=O)CC(NC(=O)C(N)CCC(=O)O)C(=O)NC(CCCN=C(N)N)C(=O)O. The fraction of sp³-hybridized carbons (Fsp3) is 0.600. The number of carboxylic acid groups (broad SMARTS) is 2. The van der Waals surface area contributed by atoms with Gasteiger partial charge in [0.15, 0.2) is 5.96 Å². The second kappa shape index (κ2) is 12.9. The molecule has 0 aliphatic carbocycles. The summed E-state index contributed by atoms with van der Waals surface area (Å²) in [5.41, 5.74) is 20.9. The van der Waals surface area contributed by atoms with Crippen molar-refractivity contribution in [2.45, 2.75) is 50.2 Å². The Kier molecular flexibility index (Phi) is 11.4. The lowest BCUT2D eigenvalue weighted by molar-refractivity contribution is -0.142. The maximum Gasteiger partial charge on any atom is 0.326 e. The van der Waals surface area contributed by atoms with Crippen molar-refractivity contribution in [3.05, 3.63) is 0 Å². The number of aliphatic carboxylic acids is 2. The molecule has 14 heteroatoms. The number of rotatable bonds is 14. The van der Waals surface area contributed by atoms with Crippen LogP contribution in [0, 0.1) is 0 Å². The van der Waals surface area contributed by atoms with E-state index in [1.165, 1.54) is 0 Å². The highest BCUT2D eigenvalue weighted by atomic mass is 16.4. The van der Waals surface area contributed by atoms with E-state index in [0.29, 0.717) is 0 Å². The van der Waals surface area contributed by atoms with Crippen molar-refractivity contribution in [1.82, 2.24) is 10.6 Å². The molecule has 0 aromatic heterocycles. The van der Waals surface area contributed by atoms with Crippen LogP contribution in [0.3, 0.4) is 0 Å². The Labute approximate surface area is 166 Å². The van der Waals surface area contributed by atoms with E-state index >= 15 is 0 Å². The Bertz CT molecular complexity index is 649. The third kappa shape index (κ3) is 11.8. The number of hydrogen-bond acceptors (Lipinski definition) is 7. The van der Waals surface area contributed by atoms with Crippen LogP contribution >= 0.6 is 0 Å². The molecule has 3 atom stereocenters. The number of carboxylic acids is 2. The molecular formula is C15H27N7O7. The van der Waals surface area contributed by atoms with Crippen molar-refractivity contribution in [1.29, 1.82) is 0 Å². The molecule has 0 spiro atoms. The maximum absolute atomic E-state index is 12.4. The molecule has 164 valence electrons. The standard InChI is InChI=1S/C15H27N7O7/c16-7(3-4-11(24)25)12(26)22-9(6-10(17)23)13(27)21-8(14(28)29)2-1-5-20-15(18)19/h7-9H,1-6,16H2,(H2,17,23)(H,21,27)(H,22,26)(H,24,25)(H,28,29)(H4,18,19,20). The molecular weight excluding hydrogens is 390 g/mol. The summed E-state index contributed by atoms with van der Waals surface area (Å²) in [5, 5.41) is 22.2. The van der Waals surface area contributed by atoms with E-state index in [-0.39, 0.29) is 38.2 Å². The number of primary amides is 1. The highest BCUT2D eigenvalue weighted by Crippen LogP contribution is 2.02. The topological polar surface area (TPSA) is 266 Å². The van der Waals surface area contributed by atoms with Gasteiger partial charge in [-0.05, 0) is 19.3 Å². The van der Waals surface area contributed by atoms with Crippen LogP contribution in [-0.2, 0) is 24.0 Å². The summed E-state index contributed by atoms with van der Waals surface area (Å²) in [7, 11) is 0. The molecule has 3 unspecified atom stereocenters. The van der Waals surface area contributed by atoms with Gasteiger partial charge in [0, 0.05) is 13.0 Å². The number of nitrogens with two attached hydrogens (primary N) is 4. The van der Waals surface area contributed by atoms with Crippen LogP contribution in [-0.4, -0.2) is 70.5 Å². The van der Waals surface area contributed by atoms with Crippen molar-refractivity contribution in [2.24, 2.45) is 27.9 Å². The predicted molar refractivity (Wildman–Crippen MR) is 100 cm³/mol. The normalized spacial score (nSPS) is 13.4. The van der Waals surface area contributed by atoms with Gasteiger partial charge in [-0.2, -0.15) is 0 Å². The van der Waals surface area contributed by atoms with Crippen molar-refractivity contribution in [2.75, 3.05) is 6.54 Å². The Morgan fingerprint density at radius 2 is 1.48 bits per heavy atom. The summed E-state index contributed by atoms with van der Waals surface area (Å²) in [5.74, 6) is -5.44. The number of aliphatic imine (C=N–C) groups is 1. The van der Waals surface area contributed by atoms with Gasteiger partial charge in [0.25, 0.3) is 0 Å². The van der Waals surface area contributed by atoms with Crippen LogP contribution in [0.4, 0.5) is 0 Å². The summed E-state index contributed by atoms with van der Waals surface area (Å²) in [6.07, 6.45) is -0.967. The largest absolute Gasteiger partial charge is 0.481 e. The molecule has 0 saturated heterocycles. The molecule has 14 nitrogen and oxygen atoms in total. The summed E-state index contributed by atoms with van der Waals surface area (Å²) in [6, 6.07) is -4.05. The van der Waals surface area contributed by atoms with Gasteiger partial charge in [-0.25, -0.2) is 4.79 Å². The van der Waals surface area contributed by atoms with Crippen LogP contribution in [0.15, 0.2) is 4.99 Å². The molecule has 0 saturated carbocycles. The van der Waals surface area contributed by atoms with Crippen LogP contribution in [0.2, 0.25) is 0 Å². The molecule has 3 amide bonds. The number of carbonyl (C=O) groups is 5. The van der Waals surface area contributed by atoms with Gasteiger partial charge in [0.05, 0.1) is 12.5 Å². The molecule has 0 aliphatic rings. The molecule has 0 aliphatic heterocycles. The van der Waals surface area contributed by atoms with E-state index in [1.54, 1.807) is 0 Å². The van der Waals surface area contributed by atoms with Crippen molar-refractivity contribution < 1.29 is 34.2 Å². The quantitative estimate of drug-likeness (QED) is 0.0774. The van der Waals surface area contributed by atoms with Crippen molar-refractivity contribution in [3.63, 3.8) is 0 Å². The third-order valence-corrected chi connectivity index (χ3v) is 3.60. The number of nitrogens with zero attached hydrogens (tertiary/aromatic N) is 1. The Balaban J connectivity index is 4.99. The van der Waals surface area contributed by atoms with Crippen molar-refractivity contribution >= 4 is 35.6 Å². The molecule has 12 N–H and O–H groups in total. The minimum absolute atomic E-state index is 0.0206. The molecule has 0 fully saturated rings. The van der Waals surface area contributed by atoms with E-state index in [2.05, 4.69) is 15.6 Å². The minimum Gasteiger partial charge on any atom is -0.481 e. The Hall–Kier alpha value is -3.42. The zero-order valence-corrected chi connectivity index (χ0v) is 15.7. The Morgan fingerprint density at radius 3 is 1.97 bits per heavy atom. The first-order valence-corrected chi connectivity index (χ1v) is 8.58.